The van der Waals surface area contributed by atoms with Crippen LogP contribution in [0.4, 0.5) is 0 Å². The van der Waals surface area contributed by atoms with Crippen molar-refractivity contribution < 1.29 is 9.47 Å². The fraction of sp³-hybridized carbons (Fsp3) is 0.538. The van der Waals surface area contributed by atoms with Crippen LogP contribution in [0, 0.1) is 0 Å². The fourth-order valence-electron chi connectivity index (χ4n) is 2.27. The molecule has 1 aliphatic rings. The second kappa shape index (κ2) is 5.38. The molecular formula is C13H20N2O2. The Balaban J connectivity index is 2.20. The second-order valence-corrected chi connectivity index (χ2v) is 4.41. The van der Waals surface area contributed by atoms with Gasteiger partial charge in [0, 0.05) is 12.1 Å². The van der Waals surface area contributed by atoms with Crippen LogP contribution in [0.25, 0.3) is 0 Å². The van der Waals surface area contributed by atoms with Gasteiger partial charge in [-0.2, -0.15) is 0 Å². The Kier molecular flexibility index (Phi) is 3.86. The molecular weight excluding hydrogens is 216 g/mol. The highest BCUT2D eigenvalue weighted by atomic mass is 16.5. The Morgan fingerprint density at radius 3 is 2.65 bits per heavy atom. The van der Waals surface area contributed by atoms with Crippen LogP contribution in [0.15, 0.2) is 18.2 Å². The number of hydrogen-bond acceptors (Lipinski definition) is 4. The van der Waals surface area contributed by atoms with Crippen LogP contribution >= 0.6 is 0 Å². The van der Waals surface area contributed by atoms with Crippen molar-refractivity contribution in [3.05, 3.63) is 23.8 Å². The summed E-state index contributed by atoms with van der Waals surface area (Å²) in [6.45, 7) is 0.972. The first kappa shape index (κ1) is 12.2. The van der Waals surface area contributed by atoms with Crippen LogP contribution in [-0.4, -0.2) is 26.8 Å². The van der Waals surface area contributed by atoms with E-state index in [4.69, 9.17) is 15.2 Å². The van der Waals surface area contributed by atoms with Crippen LogP contribution in [0.5, 0.6) is 11.5 Å². The maximum atomic E-state index is 5.99. The third-order valence-corrected chi connectivity index (χ3v) is 3.25. The third-order valence-electron chi connectivity index (χ3n) is 3.25. The first-order valence-corrected chi connectivity index (χ1v) is 5.95. The second-order valence-electron chi connectivity index (χ2n) is 4.41. The SMILES string of the molecule is COc1ccc(C2CC(N)CCN2)cc1OC. The lowest BCUT2D eigenvalue weighted by molar-refractivity contribution is 0.348. The van der Waals surface area contributed by atoms with Gasteiger partial charge in [0.15, 0.2) is 11.5 Å². The molecule has 0 radical (unpaired) electrons. The number of methoxy groups -OCH3 is 2. The number of rotatable bonds is 3. The molecule has 2 rings (SSSR count). The van der Waals surface area contributed by atoms with Crippen LogP contribution in [-0.2, 0) is 0 Å². The van der Waals surface area contributed by atoms with Gasteiger partial charge in [-0.25, -0.2) is 0 Å². The van der Waals surface area contributed by atoms with E-state index in [9.17, 15) is 0 Å². The summed E-state index contributed by atoms with van der Waals surface area (Å²) in [6.07, 6.45) is 2.01. The zero-order valence-corrected chi connectivity index (χ0v) is 10.4. The molecule has 0 saturated carbocycles. The van der Waals surface area contributed by atoms with E-state index >= 15 is 0 Å². The zero-order chi connectivity index (χ0) is 12.3. The van der Waals surface area contributed by atoms with Gasteiger partial charge in [-0.3, -0.25) is 0 Å². The predicted molar refractivity (Wildman–Crippen MR) is 67.5 cm³/mol. The zero-order valence-electron chi connectivity index (χ0n) is 10.4. The average Bonchev–Trinajstić information content (AvgIpc) is 2.38. The van der Waals surface area contributed by atoms with E-state index < -0.39 is 0 Å². The molecule has 1 aromatic carbocycles. The highest BCUT2D eigenvalue weighted by Gasteiger charge is 2.21. The first-order chi connectivity index (χ1) is 8.24. The van der Waals surface area contributed by atoms with Crippen LogP contribution in [0.2, 0.25) is 0 Å². The van der Waals surface area contributed by atoms with E-state index in [1.54, 1.807) is 14.2 Å². The largest absolute Gasteiger partial charge is 0.493 e. The lowest BCUT2D eigenvalue weighted by Crippen LogP contribution is -2.38. The molecule has 3 N–H and O–H groups in total. The summed E-state index contributed by atoms with van der Waals surface area (Å²) >= 11 is 0. The molecule has 0 aromatic heterocycles. The molecule has 4 heteroatoms. The molecule has 1 saturated heterocycles. The maximum absolute atomic E-state index is 5.99. The Hall–Kier alpha value is -1.26. The number of nitrogens with one attached hydrogen (secondary N) is 1. The monoisotopic (exact) mass is 236 g/mol. The number of hydrogen-bond donors (Lipinski definition) is 2. The number of ether oxygens (including phenoxy) is 2. The van der Waals surface area contributed by atoms with E-state index in [1.807, 2.05) is 12.1 Å². The minimum absolute atomic E-state index is 0.286. The van der Waals surface area contributed by atoms with Gasteiger partial charge in [0.25, 0.3) is 0 Å². The molecule has 94 valence electrons. The number of nitrogens with two attached hydrogens (primary N) is 1. The van der Waals surface area contributed by atoms with E-state index in [2.05, 4.69) is 11.4 Å². The van der Waals surface area contributed by atoms with Crippen LogP contribution in [0.1, 0.15) is 24.4 Å². The fourth-order valence-corrected chi connectivity index (χ4v) is 2.27. The molecule has 0 spiro atoms. The van der Waals surface area contributed by atoms with E-state index in [0.717, 1.165) is 30.9 Å². The topological polar surface area (TPSA) is 56.5 Å². The third kappa shape index (κ3) is 2.70. The van der Waals surface area contributed by atoms with Crippen molar-refractivity contribution >= 4 is 0 Å². The quantitative estimate of drug-likeness (QED) is 0.834. The predicted octanol–water partition coefficient (Wildman–Crippen LogP) is 1.46. The van der Waals surface area contributed by atoms with Gasteiger partial charge in [0.1, 0.15) is 0 Å². The minimum atomic E-state index is 0.286. The molecule has 0 aliphatic carbocycles. The minimum Gasteiger partial charge on any atom is -0.493 e. The van der Waals surface area contributed by atoms with Gasteiger partial charge >= 0.3 is 0 Å². The smallest absolute Gasteiger partial charge is 0.161 e. The molecule has 4 nitrogen and oxygen atoms in total. The van der Waals surface area contributed by atoms with Gasteiger partial charge in [-0.15, -0.1) is 0 Å². The van der Waals surface area contributed by atoms with Crippen molar-refractivity contribution in [2.75, 3.05) is 20.8 Å². The van der Waals surface area contributed by atoms with Gasteiger partial charge in [-0.05, 0) is 37.1 Å². The van der Waals surface area contributed by atoms with Gasteiger partial charge in [0.2, 0.25) is 0 Å². The Morgan fingerprint density at radius 1 is 1.24 bits per heavy atom. The van der Waals surface area contributed by atoms with E-state index in [0.29, 0.717) is 6.04 Å². The Bertz CT molecular complexity index is 382. The van der Waals surface area contributed by atoms with Crippen molar-refractivity contribution in [1.82, 2.24) is 5.32 Å². The highest BCUT2D eigenvalue weighted by Crippen LogP contribution is 2.32. The summed E-state index contributed by atoms with van der Waals surface area (Å²) < 4.78 is 10.5. The van der Waals surface area contributed by atoms with Crippen molar-refractivity contribution in [2.45, 2.75) is 24.9 Å². The maximum Gasteiger partial charge on any atom is 0.161 e. The molecule has 1 aromatic rings. The molecule has 0 bridgehead atoms. The standard InChI is InChI=1S/C13H20N2O2/c1-16-12-4-3-9(7-13(12)17-2)11-8-10(14)5-6-15-11/h3-4,7,10-11,15H,5-6,8,14H2,1-2H3. The summed E-state index contributed by atoms with van der Waals surface area (Å²) in [6, 6.07) is 6.63. The summed E-state index contributed by atoms with van der Waals surface area (Å²) in [7, 11) is 3.30. The van der Waals surface area contributed by atoms with Crippen molar-refractivity contribution in [1.29, 1.82) is 0 Å². The van der Waals surface area contributed by atoms with Gasteiger partial charge < -0.3 is 20.5 Å². The van der Waals surface area contributed by atoms with E-state index in [1.165, 1.54) is 5.56 Å². The number of piperidine rings is 1. The Labute approximate surface area is 102 Å². The summed E-state index contributed by atoms with van der Waals surface area (Å²) in [5, 5.41) is 3.48. The molecule has 1 heterocycles. The van der Waals surface area contributed by atoms with E-state index in [-0.39, 0.29) is 6.04 Å². The molecule has 2 unspecified atom stereocenters. The van der Waals surface area contributed by atoms with Crippen LogP contribution < -0.4 is 20.5 Å². The average molecular weight is 236 g/mol. The van der Waals surface area contributed by atoms with Crippen molar-refractivity contribution in [3.8, 4) is 11.5 Å². The lowest BCUT2D eigenvalue weighted by Gasteiger charge is -2.28. The van der Waals surface area contributed by atoms with Crippen molar-refractivity contribution in [3.63, 3.8) is 0 Å². The van der Waals surface area contributed by atoms with Gasteiger partial charge in [-0.1, -0.05) is 6.07 Å². The van der Waals surface area contributed by atoms with Crippen LogP contribution in [0.3, 0.4) is 0 Å². The molecule has 0 amide bonds. The summed E-state index contributed by atoms with van der Waals surface area (Å²) in [5.74, 6) is 1.53. The lowest BCUT2D eigenvalue weighted by atomic mass is 9.94. The molecule has 2 atom stereocenters. The molecule has 1 aliphatic heterocycles. The molecule has 1 fully saturated rings. The highest BCUT2D eigenvalue weighted by molar-refractivity contribution is 5.43. The summed E-state index contributed by atoms with van der Waals surface area (Å²) in [5.41, 5.74) is 7.20. The summed E-state index contributed by atoms with van der Waals surface area (Å²) in [4.78, 5) is 0. The normalized spacial score (nSPS) is 24.4. The number of benzene rings is 1. The Morgan fingerprint density at radius 2 is 2.00 bits per heavy atom. The van der Waals surface area contributed by atoms with Gasteiger partial charge in [0.05, 0.1) is 14.2 Å². The molecule has 17 heavy (non-hydrogen) atoms. The first-order valence-electron chi connectivity index (χ1n) is 5.95. The van der Waals surface area contributed by atoms with Crippen molar-refractivity contribution in [2.24, 2.45) is 5.73 Å².